The van der Waals surface area contributed by atoms with Gasteiger partial charge in [0.1, 0.15) is 0 Å². The van der Waals surface area contributed by atoms with Crippen molar-refractivity contribution >= 4 is 5.69 Å². The van der Waals surface area contributed by atoms with Crippen molar-refractivity contribution in [1.29, 1.82) is 0 Å². The van der Waals surface area contributed by atoms with E-state index in [0.29, 0.717) is 12.2 Å². The quantitative estimate of drug-likeness (QED) is 0.805. The molecule has 1 N–H and O–H groups in total. The van der Waals surface area contributed by atoms with Gasteiger partial charge in [-0.15, -0.1) is 0 Å². The summed E-state index contributed by atoms with van der Waals surface area (Å²) >= 11 is 0. The van der Waals surface area contributed by atoms with Gasteiger partial charge in [-0.2, -0.15) is 0 Å². The maximum absolute atomic E-state index is 9.30. The SMILES string of the molecule is OCc1cnccc1N1CC2CCC(C1)O2. The first-order valence-electron chi connectivity index (χ1n) is 5.81. The van der Waals surface area contributed by atoms with Gasteiger partial charge in [-0.3, -0.25) is 4.98 Å². The van der Waals surface area contributed by atoms with E-state index < -0.39 is 0 Å². The smallest absolute Gasteiger partial charge is 0.0755 e. The van der Waals surface area contributed by atoms with Crippen molar-refractivity contribution in [2.75, 3.05) is 18.0 Å². The van der Waals surface area contributed by atoms with Gasteiger partial charge in [-0.1, -0.05) is 0 Å². The van der Waals surface area contributed by atoms with Crippen molar-refractivity contribution in [2.45, 2.75) is 31.7 Å². The number of ether oxygens (including phenoxy) is 1. The zero-order valence-corrected chi connectivity index (χ0v) is 9.17. The van der Waals surface area contributed by atoms with Crippen molar-refractivity contribution in [3.63, 3.8) is 0 Å². The van der Waals surface area contributed by atoms with Crippen molar-refractivity contribution in [1.82, 2.24) is 4.98 Å². The molecule has 2 unspecified atom stereocenters. The van der Waals surface area contributed by atoms with Crippen molar-refractivity contribution in [3.8, 4) is 0 Å². The number of hydrogen-bond acceptors (Lipinski definition) is 4. The molecule has 0 saturated carbocycles. The predicted octanol–water partition coefficient (Wildman–Crippen LogP) is 0.942. The Bertz CT molecular complexity index is 371. The van der Waals surface area contributed by atoms with Gasteiger partial charge in [0.05, 0.1) is 18.8 Å². The fourth-order valence-electron chi connectivity index (χ4n) is 2.66. The molecule has 2 aliphatic heterocycles. The number of fused-ring (bicyclic) bond motifs is 2. The van der Waals surface area contributed by atoms with Gasteiger partial charge in [-0.25, -0.2) is 0 Å². The lowest BCUT2D eigenvalue weighted by Crippen LogP contribution is -2.43. The monoisotopic (exact) mass is 220 g/mol. The summed E-state index contributed by atoms with van der Waals surface area (Å²) in [5, 5.41) is 9.30. The molecule has 2 fully saturated rings. The lowest BCUT2D eigenvalue weighted by Gasteiger charge is -2.34. The Balaban J connectivity index is 1.86. The molecule has 2 saturated heterocycles. The van der Waals surface area contributed by atoms with Crippen LogP contribution in [0.25, 0.3) is 0 Å². The molecule has 0 aliphatic carbocycles. The number of aromatic nitrogens is 1. The van der Waals surface area contributed by atoms with Gasteiger partial charge in [0.15, 0.2) is 0 Å². The van der Waals surface area contributed by atoms with Crippen LogP contribution in [0.4, 0.5) is 5.69 Å². The molecule has 0 spiro atoms. The number of hydrogen-bond donors (Lipinski definition) is 1. The summed E-state index contributed by atoms with van der Waals surface area (Å²) < 4.78 is 5.80. The molecular formula is C12H16N2O2. The predicted molar refractivity (Wildman–Crippen MR) is 60.3 cm³/mol. The number of nitrogens with zero attached hydrogens (tertiary/aromatic N) is 2. The molecule has 0 radical (unpaired) electrons. The van der Waals surface area contributed by atoms with E-state index in [1.165, 1.54) is 12.8 Å². The summed E-state index contributed by atoms with van der Waals surface area (Å²) in [5.41, 5.74) is 2.02. The molecule has 0 aromatic carbocycles. The van der Waals surface area contributed by atoms with Crippen LogP contribution in [0.2, 0.25) is 0 Å². The fourth-order valence-corrected chi connectivity index (χ4v) is 2.66. The average molecular weight is 220 g/mol. The van der Waals surface area contributed by atoms with E-state index in [-0.39, 0.29) is 6.61 Å². The third kappa shape index (κ3) is 1.68. The second-order valence-corrected chi connectivity index (χ2v) is 4.52. The summed E-state index contributed by atoms with van der Waals surface area (Å²) in [4.78, 5) is 6.37. The minimum Gasteiger partial charge on any atom is -0.392 e. The molecule has 3 rings (SSSR count). The molecule has 4 heteroatoms. The van der Waals surface area contributed by atoms with Crippen LogP contribution in [-0.2, 0) is 11.3 Å². The first-order chi connectivity index (χ1) is 7.86. The Morgan fingerprint density at radius 3 is 2.81 bits per heavy atom. The van der Waals surface area contributed by atoms with Crippen molar-refractivity contribution in [3.05, 3.63) is 24.0 Å². The van der Waals surface area contributed by atoms with Crippen LogP contribution in [0, 0.1) is 0 Å². The van der Waals surface area contributed by atoms with Crippen LogP contribution in [-0.4, -0.2) is 35.4 Å². The highest BCUT2D eigenvalue weighted by Crippen LogP contribution is 2.30. The lowest BCUT2D eigenvalue weighted by molar-refractivity contribution is 0.0303. The largest absolute Gasteiger partial charge is 0.392 e. The number of aliphatic hydroxyl groups excluding tert-OH is 1. The first kappa shape index (κ1) is 10.1. The van der Waals surface area contributed by atoms with E-state index in [0.717, 1.165) is 24.3 Å². The van der Waals surface area contributed by atoms with Crippen LogP contribution in [0.5, 0.6) is 0 Å². The number of aliphatic hydroxyl groups is 1. The summed E-state index contributed by atoms with van der Waals surface area (Å²) in [6.07, 6.45) is 6.61. The van der Waals surface area contributed by atoms with E-state index >= 15 is 0 Å². The zero-order valence-electron chi connectivity index (χ0n) is 9.17. The van der Waals surface area contributed by atoms with Gasteiger partial charge in [0, 0.05) is 36.7 Å². The molecule has 2 aliphatic rings. The first-order valence-corrected chi connectivity index (χ1v) is 5.81. The van der Waals surface area contributed by atoms with E-state index in [4.69, 9.17) is 4.74 Å². The lowest BCUT2D eigenvalue weighted by atomic mass is 10.2. The maximum Gasteiger partial charge on any atom is 0.0755 e. The van der Waals surface area contributed by atoms with Crippen molar-refractivity contribution < 1.29 is 9.84 Å². The summed E-state index contributed by atoms with van der Waals surface area (Å²) in [5.74, 6) is 0. The number of rotatable bonds is 2. The molecule has 3 heterocycles. The molecule has 0 amide bonds. The van der Waals surface area contributed by atoms with Gasteiger partial charge in [-0.05, 0) is 18.9 Å². The third-order valence-corrected chi connectivity index (χ3v) is 3.43. The minimum atomic E-state index is 0.0515. The Morgan fingerprint density at radius 1 is 1.38 bits per heavy atom. The Labute approximate surface area is 94.9 Å². The summed E-state index contributed by atoms with van der Waals surface area (Å²) in [6, 6.07) is 1.98. The van der Waals surface area contributed by atoms with Crippen LogP contribution in [0.15, 0.2) is 18.5 Å². The molecule has 2 atom stereocenters. The van der Waals surface area contributed by atoms with E-state index in [9.17, 15) is 5.11 Å². The fraction of sp³-hybridized carbons (Fsp3) is 0.583. The second kappa shape index (κ2) is 4.03. The molecule has 1 aromatic heterocycles. The number of anilines is 1. The highest BCUT2D eigenvalue weighted by molar-refractivity contribution is 5.52. The van der Waals surface area contributed by atoms with Gasteiger partial charge >= 0.3 is 0 Å². The van der Waals surface area contributed by atoms with Crippen molar-refractivity contribution in [2.24, 2.45) is 0 Å². The Morgan fingerprint density at radius 2 is 2.12 bits per heavy atom. The van der Waals surface area contributed by atoms with Crippen LogP contribution in [0.1, 0.15) is 18.4 Å². The van der Waals surface area contributed by atoms with Crippen LogP contribution >= 0.6 is 0 Å². The number of pyridine rings is 1. The Kier molecular flexibility index (Phi) is 2.53. The second-order valence-electron chi connectivity index (χ2n) is 4.52. The highest BCUT2D eigenvalue weighted by atomic mass is 16.5. The molecule has 2 bridgehead atoms. The molecule has 16 heavy (non-hydrogen) atoms. The van der Waals surface area contributed by atoms with E-state index in [1.807, 2.05) is 6.07 Å². The average Bonchev–Trinajstić information content (AvgIpc) is 2.68. The third-order valence-electron chi connectivity index (χ3n) is 3.43. The summed E-state index contributed by atoms with van der Waals surface area (Å²) in [6.45, 7) is 1.93. The normalized spacial score (nSPS) is 28.4. The van der Waals surface area contributed by atoms with Crippen LogP contribution < -0.4 is 4.90 Å². The number of morpholine rings is 1. The van der Waals surface area contributed by atoms with Gasteiger partial charge in [0.2, 0.25) is 0 Å². The van der Waals surface area contributed by atoms with E-state index in [2.05, 4.69) is 9.88 Å². The molecule has 4 nitrogen and oxygen atoms in total. The molecule has 86 valence electrons. The van der Waals surface area contributed by atoms with Crippen LogP contribution in [0.3, 0.4) is 0 Å². The maximum atomic E-state index is 9.30. The standard InChI is InChI=1S/C12H16N2O2/c15-8-9-5-13-4-3-12(9)14-6-10-1-2-11(7-14)16-10/h3-5,10-11,15H,1-2,6-8H2. The minimum absolute atomic E-state index is 0.0515. The molecule has 1 aromatic rings. The topological polar surface area (TPSA) is 45.6 Å². The zero-order chi connectivity index (χ0) is 11.0. The van der Waals surface area contributed by atoms with E-state index in [1.54, 1.807) is 12.4 Å². The molecular weight excluding hydrogens is 204 g/mol. The highest BCUT2D eigenvalue weighted by Gasteiger charge is 2.34. The van der Waals surface area contributed by atoms with Gasteiger partial charge < -0.3 is 14.7 Å². The summed E-state index contributed by atoms with van der Waals surface area (Å²) in [7, 11) is 0. The van der Waals surface area contributed by atoms with Gasteiger partial charge in [0.25, 0.3) is 0 Å². The Hall–Kier alpha value is -1.13.